The molecule has 0 spiro atoms. The first-order valence-electron chi connectivity index (χ1n) is 12.6. The van der Waals surface area contributed by atoms with E-state index in [0.717, 1.165) is 29.7 Å². The summed E-state index contributed by atoms with van der Waals surface area (Å²) >= 11 is 1.39. The summed E-state index contributed by atoms with van der Waals surface area (Å²) < 4.78 is 16.3. The number of benzene rings is 1. The lowest BCUT2D eigenvalue weighted by Gasteiger charge is -2.18. The molecule has 1 aromatic carbocycles. The Bertz CT molecular complexity index is 1510. The number of carbonyl (C=O) groups is 3. The van der Waals surface area contributed by atoms with Crippen LogP contribution in [0.3, 0.4) is 0 Å². The Morgan fingerprint density at radius 2 is 2.00 bits per heavy atom. The highest BCUT2D eigenvalue weighted by Gasteiger charge is 2.30. The third kappa shape index (κ3) is 5.06. The van der Waals surface area contributed by atoms with Crippen LogP contribution in [0.4, 0.5) is 5.00 Å². The zero-order chi connectivity index (χ0) is 26.8. The van der Waals surface area contributed by atoms with Gasteiger partial charge in [-0.2, -0.15) is 0 Å². The lowest BCUT2D eigenvalue weighted by molar-refractivity contribution is -0.123. The zero-order valence-corrected chi connectivity index (χ0v) is 22.2. The van der Waals surface area contributed by atoms with E-state index >= 15 is 0 Å². The number of furan rings is 1. The predicted molar refractivity (Wildman–Crippen MR) is 144 cm³/mol. The molecule has 3 heterocycles. The van der Waals surface area contributed by atoms with Crippen molar-refractivity contribution in [1.82, 2.24) is 4.98 Å². The number of fused-ring (bicyclic) bond motifs is 2. The summed E-state index contributed by atoms with van der Waals surface area (Å²) in [4.78, 5) is 44.9. The number of aromatic nitrogens is 1. The number of nitrogens with one attached hydrogen (secondary N) is 1. The van der Waals surface area contributed by atoms with Crippen LogP contribution in [0.15, 0.2) is 53.1 Å². The first-order valence-corrected chi connectivity index (χ1v) is 13.4. The fraction of sp³-hybridized carbons (Fsp3) is 0.310. The number of rotatable bonds is 7. The van der Waals surface area contributed by atoms with E-state index in [4.69, 9.17) is 13.9 Å². The summed E-state index contributed by atoms with van der Waals surface area (Å²) in [6.07, 6.45) is 2.99. The highest BCUT2D eigenvalue weighted by Crippen LogP contribution is 2.40. The molecular formula is C29H28N2O6S. The first-order chi connectivity index (χ1) is 18.4. The van der Waals surface area contributed by atoms with Gasteiger partial charge in [0.15, 0.2) is 11.9 Å². The monoisotopic (exact) mass is 532 g/mol. The lowest BCUT2D eigenvalue weighted by atomic mass is 9.88. The van der Waals surface area contributed by atoms with Gasteiger partial charge in [-0.15, -0.1) is 11.3 Å². The maximum absolute atomic E-state index is 13.3. The molecule has 8 nitrogen and oxygen atoms in total. The number of anilines is 1. The van der Waals surface area contributed by atoms with E-state index in [1.165, 1.54) is 24.5 Å². The SMILES string of the molecule is CCOC(=O)c1c(NC(=O)[C@H](C)OC(=O)c2cc(-c3ccco3)nc3ccccc23)sc2c1CC[C@@H](C)C2. The summed E-state index contributed by atoms with van der Waals surface area (Å²) in [5, 5.41) is 3.86. The van der Waals surface area contributed by atoms with Crippen molar-refractivity contribution in [2.24, 2.45) is 5.92 Å². The van der Waals surface area contributed by atoms with Gasteiger partial charge in [0.2, 0.25) is 0 Å². The molecule has 0 unspecified atom stereocenters. The number of esters is 2. The average Bonchev–Trinajstić information content (AvgIpc) is 3.56. The van der Waals surface area contributed by atoms with Crippen LogP contribution in [0, 0.1) is 5.92 Å². The van der Waals surface area contributed by atoms with Gasteiger partial charge in [0.05, 0.1) is 29.5 Å². The molecule has 2 atom stereocenters. The van der Waals surface area contributed by atoms with Crippen molar-refractivity contribution in [2.45, 2.75) is 46.1 Å². The van der Waals surface area contributed by atoms with E-state index in [9.17, 15) is 14.4 Å². The van der Waals surface area contributed by atoms with Crippen LogP contribution in [0.25, 0.3) is 22.4 Å². The molecule has 0 aliphatic heterocycles. The Morgan fingerprint density at radius 3 is 2.76 bits per heavy atom. The van der Waals surface area contributed by atoms with Crippen LogP contribution in [0.2, 0.25) is 0 Å². The third-order valence-corrected chi connectivity index (χ3v) is 7.76. The van der Waals surface area contributed by atoms with Gasteiger partial charge >= 0.3 is 11.9 Å². The minimum absolute atomic E-state index is 0.237. The van der Waals surface area contributed by atoms with E-state index < -0.39 is 23.9 Å². The molecule has 0 saturated heterocycles. The molecule has 0 bridgehead atoms. The van der Waals surface area contributed by atoms with Gasteiger partial charge in [0.1, 0.15) is 10.7 Å². The number of hydrogen-bond acceptors (Lipinski definition) is 8. The molecule has 38 heavy (non-hydrogen) atoms. The largest absolute Gasteiger partial charge is 0.463 e. The number of carbonyl (C=O) groups excluding carboxylic acids is 3. The van der Waals surface area contributed by atoms with Crippen molar-refractivity contribution >= 4 is 45.1 Å². The van der Waals surface area contributed by atoms with Crippen molar-refractivity contribution in [3.8, 4) is 11.5 Å². The molecule has 1 aliphatic carbocycles. The molecule has 3 aromatic heterocycles. The number of para-hydroxylation sites is 1. The number of nitrogens with zero attached hydrogens (tertiary/aromatic N) is 1. The molecule has 1 N–H and O–H groups in total. The molecule has 196 valence electrons. The number of ether oxygens (including phenoxy) is 2. The van der Waals surface area contributed by atoms with Gasteiger partial charge in [-0.05, 0) is 68.9 Å². The molecule has 5 rings (SSSR count). The van der Waals surface area contributed by atoms with Gasteiger partial charge in [-0.1, -0.05) is 25.1 Å². The minimum atomic E-state index is -1.12. The van der Waals surface area contributed by atoms with Gasteiger partial charge < -0.3 is 19.2 Å². The fourth-order valence-electron chi connectivity index (χ4n) is 4.64. The Morgan fingerprint density at radius 1 is 1.18 bits per heavy atom. The standard InChI is InChI=1S/C29H28N2O6S/c1-4-35-29(34)25-19-12-11-16(2)14-24(19)38-27(25)31-26(32)17(3)37-28(33)20-15-22(23-10-7-13-36-23)30-21-9-6-5-8-18(20)21/h5-10,13,15-17H,4,11-12,14H2,1-3H3,(H,31,32)/t16-,17+/m1/s1. The van der Waals surface area contributed by atoms with Crippen molar-refractivity contribution < 1.29 is 28.3 Å². The summed E-state index contributed by atoms with van der Waals surface area (Å²) in [5.41, 5.74) is 2.71. The summed E-state index contributed by atoms with van der Waals surface area (Å²) in [5.74, 6) is -0.628. The van der Waals surface area contributed by atoms with Gasteiger partial charge in [0.25, 0.3) is 5.91 Å². The van der Waals surface area contributed by atoms with Crippen LogP contribution < -0.4 is 5.32 Å². The molecule has 0 saturated carbocycles. The Labute approximate surface area is 224 Å². The van der Waals surface area contributed by atoms with E-state index in [2.05, 4.69) is 17.2 Å². The number of hydrogen-bond donors (Lipinski definition) is 1. The number of amides is 1. The van der Waals surface area contributed by atoms with E-state index in [1.807, 2.05) is 6.07 Å². The Kier molecular flexibility index (Phi) is 7.28. The average molecular weight is 533 g/mol. The lowest BCUT2D eigenvalue weighted by Crippen LogP contribution is -2.30. The molecule has 0 radical (unpaired) electrons. The molecule has 4 aromatic rings. The smallest absolute Gasteiger partial charge is 0.341 e. The topological polar surface area (TPSA) is 108 Å². The van der Waals surface area contributed by atoms with Gasteiger partial charge in [-0.3, -0.25) is 4.79 Å². The normalized spacial score (nSPS) is 15.5. The maximum Gasteiger partial charge on any atom is 0.341 e. The van der Waals surface area contributed by atoms with Crippen molar-refractivity contribution in [3.05, 3.63) is 70.3 Å². The van der Waals surface area contributed by atoms with Crippen molar-refractivity contribution in [3.63, 3.8) is 0 Å². The second kappa shape index (κ2) is 10.8. The number of pyridine rings is 1. The predicted octanol–water partition coefficient (Wildman–Crippen LogP) is 6.04. The van der Waals surface area contributed by atoms with Crippen molar-refractivity contribution in [1.29, 1.82) is 0 Å². The summed E-state index contributed by atoms with van der Waals surface area (Å²) in [7, 11) is 0. The highest BCUT2D eigenvalue weighted by molar-refractivity contribution is 7.17. The molecular weight excluding hydrogens is 504 g/mol. The van der Waals surface area contributed by atoms with Crippen LogP contribution in [0.5, 0.6) is 0 Å². The van der Waals surface area contributed by atoms with E-state index in [0.29, 0.717) is 38.8 Å². The first kappa shape index (κ1) is 25.7. The molecule has 1 aliphatic rings. The number of thiophene rings is 1. The highest BCUT2D eigenvalue weighted by atomic mass is 32.1. The van der Waals surface area contributed by atoms with Gasteiger partial charge in [0, 0.05) is 10.3 Å². The second-order valence-corrected chi connectivity index (χ2v) is 10.5. The van der Waals surface area contributed by atoms with E-state index in [-0.39, 0.29) is 12.2 Å². The molecule has 1 amide bonds. The van der Waals surface area contributed by atoms with Crippen LogP contribution in [-0.4, -0.2) is 35.5 Å². The van der Waals surface area contributed by atoms with Crippen LogP contribution in [-0.2, 0) is 27.1 Å². The second-order valence-electron chi connectivity index (χ2n) is 9.36. The third-order valence-electron chi connectivity index (χ3n) is 6.59. The molecule has 9 heteroatoms. The van der Waals surface area contributed by atoms with Crippen molar-refractivity contribution in [2.75, 3.05) is 11.9 Å². The van der Waals surface area contributed by atoms with E-state index in [1.54, 1.807) is 43.3 Å². The Balaban J connectivity index is 1.38. The summed E-state index contributed by atoms with van der Waals surface area (Å²) in [6.45, 7) is 5.66. The maximum atomic E-state index is 13.3. The van der Waals surface area contributed by atoms with Crippen LogP contribution in [0.1, 0.15) is 58.3 Å². The van der Waals surface area contributed by atoms with Crippen LogP contribution >= 0.6 is 11.3 Å². The fourth-order valence-corrected chi connectivity index (χ4v) is 6.05. The Hall–Kier alpha value is -3.98. The molecule has 0 fully saturated rings. The zero-order valence-electron chi connectivity index (χ0n) is 21.4. The minimum Gasteiger partial charge on any atom is -0.463 e. The summed E-state index contributed by atoms with van der Waals surface area (Å²) in [6, 6.07) is 12.3. The van der Waals surface area contributed by atoms with Gasteiger partial charge in [-0.25, -0.2) is 14.6 Å². The quantitative estimate of drug-likeness (QED) is 0.289.